The molecule has 3 rings (SSSR count). The first-order chi connectivity index (χ1) is 13.4. The number of carboxylic acid groups (broad SMARTS) is 1. The van der Waals surface area contributed by atoms with Crippen LogP contribution in [0.5, 0.6) is 5.75 Å². The molecule has 0 heterocycles. The van der Waals surface area contributed by atoms with Gasteiger partial charge in [-0.25, -0.2) is 9.18 Å². The molecule has 0 atom stereocenters. The van der Waals surface area contributed by atoms with Crippen LogP contribution in [0.3, 0.4) is 0 Å². The Morgan fingerprint density at radius 1 is 0.964 bits per heavy atom. The van der Waals surface area contributed by atoms with Crippen LogP contribution in [0.1, 0.15) is 22.3 Å². The fourth-order valence-electron chi connectivity index (χ4n) is 3.24. The molecule has 3 nitrogen and oxygen atoms in total. The Labute approximate surface area is 164 Å². The zero-order valence-corrected chi connectivity index (χ0v) is 16.0. The molecule has 0 saturated carbocycles. The predicted molar refractivity (Wildman–Crippen MR) is 108 cm³/mol. The van der Waals surface area contributed by atoms with Gasteiger partial charge in [0.15, 0.2) is 6.61 Å². The molecule has 0 aliphatic heterocycles. The molecule has 0 spiro atoms. The maximum atomic E-state index is 13.6. The summed E-state index contributed by atoms with van der Waals surface area (Å²) < 4.78 is 18.9. The Hall–Kier alpha value is -3.14. The van der Waals surface area contributed by atoms with Crippen LogP contribution in [0.15, 0.2) is 60.7 Å². The van der Waals surface area contributed by atoms with Gasteiger partial charge in [-0.15, -0.1) is 0 Å². The molecule has 0 unspecified atom stereocenters. The fraction of sp³-hybridized carbons (Fsp3) is 0.208. The number of carboxylic acids is 1. The van der Waals surface area contributed by atoms with Crippen LogP contribution in [-0.4, -0.2) is 17.7 Å². The van der Waals surface area contributed by atoms with Crippen molar-refractivity contribution >= 4 is 5.97 Å². The summed E-state index contributed by atoms with van der Waals surface area (Å²) >= 11 is 0. The molecule has 1 N–H and O–H groups in total. The molecule has 0 aliphatic carbocycles. The number of halogens is 1. The minimum Gasteiger partial charge on any atom is -0.482 e. The Morgan fingerprint density at radius 3 is 2.50 bits per heavy atom. The van der Waals surface area contributed by atoms with Gasteiger partial charge in [-0.1, -0.05) is 36.4 Å². The topological polar surface area (TPSA) is 46.5 Å². The molecule has 0 radical (unpaired) electrons. The molecule has 0 amide bonds. The van der Waals surface area contributed by atoms with E-state index in [9.17, 15) is 9.18 Å². The van der Waals surface area contributed by atoms with Crippen molar-refractivity contribution in [3.63, 3.8) is 0 Å². The number of carbonyl (C=O) groups is 1. The fourth-order valence-corrected chi connectivity index (χ4v) is 3.24. The van der Waals surface area contributed by atoms with Crippen LogP contribution < -0.4 is 4.74 Å². The summed E-state index contributed by atoms with van der Waals surface area (Å²) in [5, 5.41) is 8.74. The van der Waals surface area contributed by atoms with Gasteiger partial charge >= 0.3 is 5.97 Å². The van der Waals surface area contributed by atoms with Crippen LogP contribution in [-0.2, 0) is 17.6 Å². The highest BCUT2D eigenvalue weighted by molar-refractivity contribution is 5.68. The van der Waals surface area contributed by atoms with Gasteiger partial charge in [-0.2, -0.15) is 0 Å². The zero-order valence-electron chi connectivity index (χ0n) is 16.0. The van der Waals surface area contributed by atoms with Gasteiger partial charge in [0.25, 0.3) is 0 Å². The highest BCUT2D eigenvalue weighted by atomic mass is 19.1. The number of rotatable bonds is 7. The molecule has 0 fully saturated rings. The van der Waals surface area contributed by atoms with E-state index in [1.807, 2.05) is 24.3 Å². The first kappa shape index (κ1) is 19.6. The van der Waals surface area contributed by atoms with Crippen LogP contribution in [0, 0.1) is 19.7 Å². The highest BCUT2D eigenvalue weighted by Crippen LogP contribution is 2.27. The summed E-state index contributed by atoms with van der Waals surface area (Å²) in [4.78, 5) is 10.7. The van der Waals surface area contributed by atoms with E-state index in [0.29, 0.717) is 5.75 Å². The van der Waals surface area contributed by atoms with Crippen molar-refractivity contribution in [2.75, 3.05) is 6.61 Å². The smallest absolute Gasteiger partial charge is 0.341 e. The van der Waals surface area contributed by atoms with Crippen molar-refractivity contribution in [1.82, 2.24) is 0 Å². The van der Waals surface area contributed by atoms with E-state index in [-0.39, 0.29) is 12.4 Å². The quantitative estimate of drug-likeness (QED) is 0.602. The van der Waals surface area contributed by atoms with Crippen molar-refractivity contribution in [2.45, 2.75) is 26.7 Å². The van der Waals surface area contributed by atoms with Crippen molar-refractivity contribution < 1.29 is 19.0 Å². The molecule has 28 heavy (non-hydrogen) atoms. The lowest BCUT2D eigenvalue weighted by Gasteiger charge is -2.13. The van der Waals surface area contributed by atoms with E-state index in [0.717, 1.165) is 29.5 Å². The predicted octanol–water partition coefficient (Wildman–Crippen LogP) is 5.36. The minimum absolute atomic E-state index is 0.240. The molecule has 3 aromatic carbocycles. The summed E-state index contributed by atoms with van der Waals surface area (Å²) in [6.07, 6.45) is 1.63. The van der Waals surface area contributed by atoms with Gasteiger partial charge in [-0.3, -0.25) is 0 Å². The van der Waals surface area contributed by atoms with Crippen molar-refractivity contribution in [2.24, 2.45) is 0 Å². The highest BCUT2D eigenvalue weighted by Gasteiger charge is 2.08. The maximum absolute atomic E-state index is 13.6. The number of aliphatic carboxylic acids is 1. The average Bonchev–Trinajstić information content (AvgIpc) is 2.67. The van der Waals surface area contributed by atoms with Crippen LogP contribution in [0.4, 0.5) is 4.39 Å². The Morgan fingerprint density at radius 2 is 1.75 bits per heavy atom. The lowest BCUT2D eigenvalue weighted by molar-refractivity contribution is -0.139. The first-order valence-corrected chi connectivity index (χ1v) is 9.22. The third-order valence-corrected chi connectivity index (χ3v) is 4.88. The second-order valence-corrected chi connectivity index (χ2v) is 6.92. The lowest BCUT2D eigenvalue weighted by Crippen LogP contribution is -2.09. The third kappa shape index (κ3) is 4.97. The normalized spacial score (nSPS) is 10.7. The van der Waals surface area contributed by atoms with E-state index >= 15 is 0 Å². The first-order valence-electron chi connectivity index (χ1n) is 9.22. The second-order valence-electron chi connectivity index (χ2n) is 6.92. The number of hydrogen-bond donors (Lipinski definition) is 1. The van der Waals surface area contributed by atoms with Crippen LogP contribution in [0.2, 0.25) is 0 Å². The zero-order chi connectivity index (χ0) is 20.1. The Balaban J connectivity index is 1.79. The van der Waals surface area contributed by atoms with Gasteiger partial charge in [0.2, 0.25) is 0 Å². The molecule has 4 heteroatoms. The summed E-state index contributed by atoms with van der Waals surface area (Å²) in [6, 6.07) is 18.4. The Bertz CT molecular complexity index is 995. The maximum Gasteiger partial charge on any atom is 0.341 e. The molecular formula is C24H23FO3. The summed E-state index contributed by atoms with van der Waals surface area (Å²) in [5.74, 6) is -0.678. The molecular weight excluding hydrogens is 355 g/mol. The minimum atomic E-state index is -0.995. The standard InChI is InChI=1S/C24H23FO3/c1-16-11-21(20-6-4-7-22(25)14-20)13-19(17(16)2)10-9-18-5-3-8-23(12-18)28-15-24(26)27/h3-8,11-14H,9-10,15H2,1-2H3,(H,26,27). The van der Waals surface area contributed by atoms with Crippen molar-refractivity contribution in [3.05, 3.63) is 88.7 Å². The van der Waals surface area contributed by atoms with E-state index < -0.39 is 5.97 Å². The second kappa shape index (κ2) is 8.70. The number of ether oxygens (including phenoxy) is 1. The number of aryl methyl sites for hydroxylation is 3. The van der Waals surface area contributed by atoms with Gasteiger partial charge in [0.1, 0.15) is 11.6 Å². The monoisotopic (exact) mass is 378 g/mol. The van der Waals surface area contributed by atoms with Gasteiger partial charge in [0, 0.05) is 0 Å². The Kier molecular flexibility index (Phi) is 6.09. The molecule has 3 aromatic rings. The largest absolute Gasteiger partial charge is 0.482 e. The van der Waals surface area contributed by atoms with Gasteiger partial charge in [0.05, 0.1) is 0 Å². The van der Waals surface area contributed by atoms with E-state index in [1.165, 1.54) is 22.8 Å². The molecule has 0 saturated heterocycles. The molecule has 0 bridgehead atoms. The third-order valence-electron chi connectivity index (χ3n) is 4.88. The summed E-state index contributed by atoms with van der Waals surface area (Å²) in [7, 11) is 0. The van der Waals surface area contributed by atoms with E-state index in [2.05, 4.69) is 26.0 Å². The molecule has 0 aliphatic rings. The lowest BCUT2D eigenvalue weighted by atomic mass is 9.92. The summed E-state index contributed by atoms with van der Waals surface area (Å²) in [6.45, 7) is 3.83. The molecule has 144 valence electrons. The molecule has 0 aromatic heterocycles. The SMILES string of the molecule is Cc1cc(-c2cccc(F)c2)cc(CCc2cccc(OCC(=O)O)c2)c1C. The number of hydrogen-bond acceptors (Lipinski definition) is 2. The van der Waals surface area contributed by atoms with Crippen LogP contribution in [0.25, 0.3) is 11.1 Å². The average molecular weight is 378 g/mol. The van der Waals surface area contributed by atoms with E-state index in [1.54, 1.807) is 18.2 Å². The van der Waals surface area contributed by atoms with Gasteiger partial charge < -0.3 is 9.84 Å². The van der Waals surface area contributed by atoms with Crippen LogP contribution >= 0.6 is 0 Å². The van der Waals surface area contributed by atoms with Gasteiger partial charge in [-0.05, 0) is 84.3 Å². The van der Waals surface area contributed by atoms with E-state index in [4.69, 9.17) is 9.84 Å². The van der Waals surface area contributed by atoms with Crippen molar-refractivity contribution in [1.29, 1.82) is 0 Å². The van der Waals surface area contributed by atoms with Crippen molar-refractivity contribution in [3.8, 4) is 16.9 Å². The number of benzene rings is 3. The summed E-state index contributed by atoms with van der Waals surface area (Å²) in [5.41, 5.74) is 6.59.